The predicted molar refractivity (Wildman–Crippen MR) is 147 cm³/mol. The lowest BCUT2D eigenvalue weighted by molar-refractivity contribution is -0.140. The maximum atomic E-state index is 11.1. The van der Waals surface area contributed by atoms with E-state index in [9.17, 15) is 4.79 Å². The number of hydrogen-bond donors (Lipinski definition) is 1. The molecule has 194 valence electrons. The molecule has 36 heavy (non-hydrogen) atoms. The second-order valence-corrected chi connectivity index (χ2v) is 9.77. The summed E-state index contributed by atoms with van der Waals surface area (Å²) in [5, 5.41) is 4.42. The number of carbonyl (C=O) groups is 1. The molecular formula is C28H36BrN3O4. The number of ether oxygens (including phenoxy) is 3. The molecule has 1 heterocycles. The Balaban J connectivity index is 1.60. The predicted octanol–water partition coefficient (Wildman–Crippen LogP) is 7.16. The number of esters is 1. The van der Waals surface area contributed by atoms with Crippen molar-refractivity contribution in [1.29, 1.82) is 0 Å². The lowest BCUT2D eigenvalue weighted by Crippen LogP contribution is -2.10. The Morgan fingerprint density at radius 3 is 2.47 bits per heavy atom. The summed E-state index contributed by atoms with van der Waals surface area (Å²) in [6, 6.07) is 12.2. The zero-order valence-corrected chi connectivity index (χ0v) is 23.2. The molecule has 1 N–H and O–H groups in total. The monoisotopic (exact) mass is 557 g/mol. The van der Waals surface area contributed by atoms with Gasteiger partial charge in [-0.25, -0.2) is 9.97 Å². The fourth-order valence-corrected chi connectivity index (χ4v) is 4.48. The normalized spacial score (nSPS) is 11.8. The first-order valence-corrected chi connectivity index (χ1v) is 13.3. The summed E-state index contributed by atoms with van der Waals surface area (Å²) in [4.78, 5) is 20.5. The number of methoxy groups -OCH3 is 2. The fraction of sp³-hybridized carbons (Fsp3) is 0.464. The largest absolute Gasteiger partial charge is 0.493 e. The Morgan fingerprint density at radius 1 is 1.00 bits per heavy atom. The number of nitrogens with one attached hydrogen (secondary N) is 1. The van der Waals surface area contributed by atoms with E-state index in [1.807, 2.05) is 31.2 Å². The second-order valence-electron chi connectivity index (χ2n) is 8.86. The van der Waals surface area contributed by atoms with Gasteiger partial charge < -0.3 is 19.5 Å². The highest BCUT2D eigenvalue weighted by Gasteiger charge is 2.15. The fourth-order valence-electron chi connectivity index (χ4n) is 4.06. The molecule has 0 amide bonds. The summed E-state index contributed by atoms with van der Waals surface area (Å²) >= 11 is 3.55. The van der Waals surface area contributed by atoms with Gasteiger partial charge >= 0.3 is 5.97 Å². The Bertz CT molecular complexity index is 1160. The van der Waals surface area contributed by atoms with Crippen molar-refractivity contribution in [3.63, 3.8) is 0 Å². The van der Waals surface area contributed by atoms with Crippen LogP contribution in [0.3, 0.4) is 0 Å². The summed E-state index contributed by atoms with van der Waals surface area (Å²) < 4.78 is 17.4. The van der Waals surface area contributed by atoms with Gasteiger partial charge in [-0.1, -0.05) is 53.7 Å². The zero-order valence-electron chi connectivity index (χ0n) is 21.6. The van der Waals surface area contributed by atoms with Crippen molar-refractivity contribution in [2.75, 3.05) is 26.1 Å². The Kier molecular flexibility index (Phi) is 10.8. The van der Waals surface area contributed by atoms with Crippen molar-refractivity contribution in [3.8, 4) is 11.5 Å². The van der Waals surface area contributed by atoms with Gasteiger partial charge in [0.1, 0.15) is 11.6 Å². The van der Waals surface area contributed by atoms with E-state index in [1.54, 1.807) is 7.11 Å². The SMILES string of the molecule is COC(=O)CCCCCCCCOc1cc2nc(C)nc(N[C@H](C)c3cccc(Br)c3)c2cc1OC. The molecule has 0 saturated heterocycles. The first-order chi connectivity index (χ1) is 17.4. The van der Waals surface area contributed by atoms with E-state index in [2.05, 4.69) is 55.0 Å². The number of fused-ring (bicyclic) bond motifs is 1. The standard InChI is InChI=1S/C28H36BrN3O4/c1-19(21-12-11-13-22(29)16-21)30-28-23-17-25(34-3)26(18-24(23)31-20(2)32-28)36-15-10-8-6-5-7-9-14-27(33)35-4/h11-13,16-19H,5-10,14-15H2,1-4H3,(H,30,31,32)/t19-/m1/s1. The lowest BCUT2D eigenvalue weighted by atomic mass is 10.1. The van der Waals surface area contributed by atoms with Crippen molar-refractivity contribution in [2.45, 2.75) is 64.8 Å². The lowest BCUT2D eigenvalue weighted by Gasteiger charge is -2.18. The van der Waals surface area contributed by atoms with Crippen LogP contribution in [0.2, 0.25) is 0 Å². The number of hydrogen-bond acceptors (Lipinski definition) is 7. The van der Waals surface area contributed by atoms with Gasteiger partial charge in [0.15, 0.2) is 11.5 Å². The molecule has 0 saturated carbocycles. The van der Waals surface area contributed by atoms with Gasteiger partial charge in [0.2, 0.25) is 0 Å². The van der Waals surface area contributed by atoms with E-state index in [-0.39, 0.29) is 12.0 Å². The van der Waals surface area contributed by atoms with Gasteiger partial charge in [0.25, 0.3) is 0 Å². The highest BCUT2D eigenvalue weighted by atomic mass is 79.9. The number of benzene rings is 2. The van der Waals surface area contributed by atoms with Crippen LogP contribution in [0.15, 0.2) is 40.9 Å². The maximum Gasteiger partial charge on any atom is 0.305 e. The molecule has 1 aromatic heterocycles. The molecule has 0 unspecified atom stereocenters. The minimum atomic E-state index is -0.130. The Labute approximate surface area is 222 Å². The number of carbonyl (C=O) groups excluding carboxylic acids is 1. The van der Waals surface area contributed by atoms with Gasteiger partial charge in [0, 0.05) is 22.3 Å². The van der Waals surface area contributed by atoms with Crippen molar-refractivity contribution in [1.82, 2.24) is 9.97 Å². The van der Waals surface area contributed by atoms with Crippen molar-refractivity contribution >= 4 is 38.6 Å². The molecule has 8 heteroatoms. The van der Waals surface area contributed by atoms with E-state index in [0.29, 0.717) is 30.4 Å². The molecule has 0 fully saturated rings. The van der Waals surface area contributed by atoms with Crippen LogP contribution in [0.25, 0.3) is 10.9 Å². The van der Waals surface area contributed by atoms with Crippen LogP contribution in [0.5, 0.6) is 11.5 Å². The first-order valence-electron chi connectivity index (χ1n) is 12.5. The van der Waals surface area contributed by atoms with E-state index in [4.69, 9.17) is 9.47 Å². The van der Waals surface area contributed by atoms with Crippen LogP contribution in [0.1, 0.15) is 69.3 Å². The van der Waals surface area contributed by atoms with Crippen molar-refractivity contribution < 1.29 is 19.0 Å². The molecule has 0 bridgehead atoms. The number of nitrogens with zero attached hydrogens (tertiary/aromatic N) is 2. The number of aromatic nitrogens is 2. The molecule has 7 nitrogen and oxygen atoms in total. The number of anilines is 1. The van der Waals surface area contributed by atoms with Crippen LogP contribution in [-0.4, -0.2) is 36.8 Å². The number of aryl methyl sites for hydroxylation is 1. The molecule has 2 aromatic carbocycles. The quantitative estimate of drug-likeness (QED) is 0.166. The van der Waals surface area contributed by atoms with E-state index < -0.39 is 0 Å². The van der Waals surface area contributed by atoms with Gasteiger partial charge in [-0.3, -0.25) is 4.79 Å². The second kappa shape index (κ2) is 14.0. The van der Waals surface area contributed by atoms with Crippen LogP contribution >= 0.6 is 15.9 Å². The molecule has 0 aliphatic rings. The third kappa shape index (κ3) is 8.08. The molecule has 0 aliphatic heterocycles. The molecule has 3 rings (SSSR count). The van der Waals surface area contributed by atoms with Crippen LogP contribution in [-0.2, 0) is 9.53 Å². The van der Waals surface area contributed by atoms with Crippen molar-refractivity contribution in [2.24, 2.45) is 0 Å². The third-order valence-electron chi connectivity index (χ3n) is 6.06. The average molecular weight is 559 g/mol. The van der Waals surface area contributed by atoms with Crippen LogP contribution in [0.4, 0.5) is 5.82 Å². The van der Waals surface area contributed by atoms with Gasteiger partial charge in [-0.2, -0.15) is 0 Å². The minimum Gasteiger partial charge on any atom is -0.493 e. The van der Waals surface area contributed by atoms with E-state index >= 15 is 0 Å². The van der Waals surface area contributed by atoms with E-state index in [1.165, 1.54) is 7.11 Å². The molecular weight excluding hydrogens is 522 g/mol. The number of unbranched alkanes of at least 4 members (excludes halogenated alkanes) is 5. The summed E-state index contributed by atoms with van der Waals surface area (Å²) in [5.41, 5.74) is 1.97. The van der Waals surface area contributed by atoms with E-state index in [0.717, 1.165) is 65.3 Å². The molecule has 0 spiro atoms. The highest BCUT2D eigenvalue weighted by molar-refractivity contribution is 9.10. The highest BCUT2D eigenvalue weighted by Crippen LogP contribution is 2.35. The Morgan fingerprint density at radius 2 is 1.75 bits per heavy atom. The average Bonchev–Trinajstić information content (AvgIpc) is 2.86. The summed E-state index contributed by atoms with van der Waals surface area (Å²) in [7, 11) is 3.08. The summed E-state index contributed by atoms with van der Waals surface area (Å²) in [5.74, 6) is 2.68. The van der Waals surface area contributed by atoms with Gasteiger partial charge in [-0.15, -0.1) is 0 Å². The number of rotatable bonds is 14. The maximum absolute atomic E-state index is 11.1. The minimum absolute atomic E-state index is 0.0578. The molecule has 0 radical (unpaired) electrons. The number of halogens is 1. The van der Waals surface area contributed by atoms with Crippen LogP contribution in [0, 0.1) is 6.92 Å². The first kappa shape index (κ1) is 27.7. The molecule has 3 aromatic rings. The van der Waals surface area contributed by atoms with Gasteiger partial charge in [-0.05, 0) is 50.5 Å². The topological polar surface area (TPSA) is 82.6 Å². The summed E-state index contributed by atoms with van der Waals surface area (Å²) in [6.45, 7) is 4.61. The Hall–Kier alpha value is -2.87. The molecule has 1 atom stereocenters. The third-order valence-corrected chi connectivity index (χ3v) is 6.55. The molecule has 0 aliphatic carbocycles. The zero-order chi connectivity index (χ0) is 25.9. The van der Waals surface area contributed by atoms with Crippen LogP contribution < -0.4 is 14.8 Å². The smallest absolute Gasteiger partial charge is 0.305 e. The summed E-state index contributed by atoms with van der Waals surface area (Å²) in [6.07, 6.45) is 6.71. The van der Waals surface area contributed by atoms with Crippen molar-refractivity contribution in [3.05, 3.63) is 52.3 Å². The van der Waals surface area contributed by atoms with Gasteiger partial charge in [0.05, 0.1) is 32.4 Å².